The molecule has 1 unspecified atom stereocenters. The van der Waals surface area contributed by atoms with Crippen molar-refractivity contribution in [2.75, 3.05) is 4.90 Å². The molecular weight excluding hydrogens is 378 g/mol. The van der Waals surface area contributed by atoms with Crippen molar-refractivity contribution in [2.45, 2.75) is 71.1 Å². The van der Waals surface area contributed by atoms with Crippen molar-refractivity contribution in [3.05, 3.63) is 42.5 Å². The smallest absolute Gasteiger partial charge is 0.247 e. The summed E-state index contributed by atoms with van der Waals surface area (Å²) < 4.78 is 0. The predicted molar refractivity (Wildman–Crippen MR) is 116 cm³/mol. The second kappa shape index (κ2) is 6.69. The molecule has 3 amide bonds. The number of anilines is 1. The largest absolute Gasteiger partial charge is 0.342 e. The standard InChI is InChI=1S/C24H31N3O3/c1-7-23(5,6)24-13-19-20(29)25-17(12-14(2)3)21(30)27(19)22(24)26(15(4)28)18-11-9-8-10-16(18)24/h7-11,14,17,19,22H,1,12-13H2,2-6H3,(H,25,29)/t17-,19?,22-,24+/m0/s1. The van der Waals surface area contributed by atoms with Crippen molar-refractivity contribution in [1.29, 1.82) is 0 Å². The molecule has 1 aromatic rings. The minimum absolute atomic E-state index is 0.0981. The maximum absolute atomic E-state index is 13.7. The van der Waals surface area contributed by atoms with E-state index in [1.54, 1.807) is 9.80 Å². The van der Waals surface area contributed by atoms with E-state index in [0.29, 0.717) is 12.8 Å². The molecule has 0 spiro atoms. The average Bonchev–Trinajstić information content (AvgIpc) is 3.17. The van der Waals surface area contributed by atoms with Crippen LogP contribution in [0, 0.1) is 11.3 Å². The predicted octanol–water partition coefficient (Wildman–Crippen LogP) is 2.97. The molecule has 1 aromatic carbocycles. The Morgan fingerprint density at radius 1 is 1.33 bits per heavy atom. The molecule has 160 valence electrons. The van der Waals surface area contributed by atoms with E-state index in [9.17, 15) is 14.4 Å². The van der Waals surface area contributed by atoms with Crippen molar-refractivity contribution in [1.82, 2.24) is 10.2 Å². The van der Waals surface area contributed by atoms with Gasteiger partial charge in [-0.2, -0.15) is 0 Å². The molecule has 3 aliphatic rings. The van der Waals surface area contributed by atoms with Crippen molar-refractivity contribution in [3.8, 4) is 0 Å². The number of hydrogen-bond donors (Lipinski definition) is 1. The topological polar surface area (TPSA) is 69.7 Å². The third-order valence-corrected chi connectivity index (χ3v) is 7.32. The van der Waals surface area contributed by atoms with Gasteiger partial charge in [0.05, 0.1) is 0 Å². The number of para-hydroxylation sites is 1. The van der Waals surface area contributed by atoms with Gasteiger partial charge in [-0.05, 0) is 35.8 Å². The molecule has 6 heteroatoms. The van der Waals surface area contributed by atoms with Crippen LogP contribution in [0.1, 0.15) is 53.0 Å². The molecule has 4 atom stereocenters. The summed E-state index contributed by atoms with van der Waals surface area (Å²) in [4.78, 5) is 43.1. The van der Waals surface area contributed by atoms with E-state index in [2.05, 4.69) is 25.7 Å². The molecule has 0 aromatic heterocycles. The highest BCUT2D eigenvalue weighted by Gasteiger charge is 2.69. The highest BCUT2D eigenvalue weighted by atomic mass is 16.2. The highest BCUT2D eigenvalue weighted by Crippen LogP contribution is 2.62. The summed E-state index contributed by atoms with van der Waals surface area (Å²) in [6.45, 7) is 13.8. The van der Waals surface area contributed by atoms with Crippen LogP contribution in [0.4, 0.5) is 5.69 Å². The third kappa shape index (κ3) is 2.52. The molecule has 3 aliphatic heterocycles. The number of allylic oxidation sites excluding steroid dienone is 1. The van der Waals surface area contributed by atoms with E-state index in [1.807, 2.05) is 44.2 Å². The summed E-state index contributed by atoms with van der Waals surface area (Å²) in [5.41, 5.74) is 0.762. The molecule has 1 N–H and O–H groups in total. The van der Waals surface area contributed by atoms with Gasteiger partial charge in [-0.25, -0.2) is 0 Å². The number of benzene rings is 1. The Hall–Kier alpha value is -2.63. The van der Waals surface area contributed by atoms with Crippen LogP contribution < -0.4 is 10.2 Å². The fourth-order valence-electron chi connectivity index (χ4n) is 5.80. The van der Waals surface area contributed by atoms with Crippen LogP contribution in [0.3, 0.4) is 0 Å². The zero-order valence-corrected chi connectivity index (χ0v) is 18.4. The van der Waals surface area contributed by atoms with Crippen LogP contribution in [0.25, 0.3) is 0 Å². The number of fused-ring (bicyclic) bond motifs is 5. The van der Waals surface area contributed by atoms with Crippen LogP contribution in [0.5, 0.6) is 0 Å². The van der Waals surface area contributed by atoms with Gasteiger partial charge in [0.2, 0.25) is 17.7 Å². The summed E-state index contributed by atoms with van der Waals surface area (Å²) in [6, 6.07) is 6.68. The Morgan fingerprint density at radius 2 is 2.00 bits per heavy atom. The number of amides is 3. The van der Waals surface area contributed by atoms with E-state index in [-0.39, 0.29) is 23.6 Å². The highest BCUT2D eigenvalue weighted by molar-refractivity contribution is 6.02. The lowest BCUT2D eigenvalue weighted by atomic mass is 9.60. The van der Waals surface area contributed by atoms with Gasteiger partial charge < -0.3 is 10.2 Å². The number of piperazine rings is 1. The number of hydrogen-bond acceptors (Lipinski definition) is 3. The quantitative estimate of drug-likeness (QED) is 0.778. The third-order valence-electron chi connectivity index (χ3n) is 7.32. The van der Waals surface area contributed by atoms with Gasteiger partial charge in [0.25, 0.3) is 0 Å². The molecule has 0 saturated carbocycles. The van der Waals surface area contributed by atoms with E-state index in [1.165, 1.54) is 6.92 Å². The maximum Gasteiger partial charge on any atom is 0.247 e. The van der Waals surface area contributed by atoms with Crippen molar-refractivity contribution >= 4 is 23.4 Å². The fourth-order valence-corrected chi connectivity index (χ4v) is 5.80. The van der Waals surface area contributed by atoms with Gasteiger partial charge in [0, 0.05) is 18.0 Å². The lowest BCUT2D eigenvalue weighted by Gasteiger charge is -2.46. The minimum atomic E-state index is -0.610. The maximum atomic E-state index is 13.7. The molecule has 0 aliphatic carbocycles. The van der Waals surface area contributed by atoms with Gasteiger partial charge in [-0.1, -0.05) is 52.0 Å². The number of rotatable bonds is 4. The summed E-state index contributed by atoms with van der Waals surface area (Å²) >= 11 is 0. The average molecular weight is 410 g/mol. The monoisotopic (exact) mass is 409 g/mol. The van der Waals surface area contributed by atoms with E-state index in [0.717, 1.165) is 11.3 Å². The van der Waals surface area contributed by atoms with Crippen LogP contribution in [-0.2, 0) is 19.8 Å². The second-order valence-corrected chi connectivity index (χ2v) is 9.83. The SMILES string of the molecule is C=CC(C)(C)[C@@]12CC3C(=O)N[C@@H](CC(C)C)C(=O)N3[C@@H]1N(C(C)=O)c1ccccc12. The number of nitrogens with one attached hydrogen (secondary N) is 1. The van der Waals surface area contributed by atoms with Gasteiger partial charge >= 0.3 is 0 Å². The van der Waals surface area contributed by atoms with E-state index < -0.39 is 29.1 Å². The fraction of sp³-hybridized carbons (Fsp3) is 0.542. The Labute approximate surface area is 178 Å². The van der Waals surface area contributed by atoms with Gasteiger partial charge in [-0.15, -0.1) is 6.58 Å². The molecule has 0 bridgehead atoms. The Kier molecular flexibility index (Phi) is 4.60. The molecule has 3 heterocycles. The van der Waals surface area contributed by atoms with Crippen LogP contribution >= 0.6 is 0 Å². The van der Waals surface area contributed by atoms with E-state index in [4.69, 9.17) is 0 Å². The second-order valence-electron chi connectivity index (χ2n) is 9.83. The molecular formula is C24H31N3O3. The molecule has 2 fully saturated rings. The number of carbonyl (C=O) groups is 3. The lowest BCUT2D eigenvalue weighted by molar-refractivity contribution is -0.150. The molecule has 30 heavy (non-hydrogen) atoms. The molecule has 6 nitrogen and oxygen atoms in total. The summed E-state index contributed by atoms with van der Waals surface area (Å²) in [5.74, 6) is -0.0968. The van der Waals surface area contributed by atoms with Crippen LogP contribution in [0.2, 0.25) is 0 Å². The Bertz CT molecular complexity index is 937. The Balaban J connectivity index is 1.95. The van der Waals surface area contributed by atoms with Gasteiger partial charge in [-0.3, -0.25) is 19.3 Å². The minimum Gasteiger partial charge on any atom is -0.342 e. The zero-order chi connectivity index (χ0) is 22.0. The van der Waals surface area contributed by atoms with Crippen molar-refractivity contribution < 1.29 is 14.4 Å². The number of nitrogens with zero attached hydrogens (tertiary/aromatic N) is 2. The van der Waals surface area contributed by atoms with Crippen molar-refractivity contribution in [3.63, 3.8) is 0 Å². The number of carbonyl (C=O) groups excluding carboxylic acids is 3. The van der Waals surface area contributed by atoms with E-state index >= 15 is 0 Å². The lowest BCUT2D eigenvalue weighted by Crippen LogP contribution is -2.66. The Morgan fingerprint density at radius 3 is 2.60 bits per heavy atom. The van der Waals surface area contributed by atoms with Crippen LogP contribution in [-0.4, -0.2) is 40.9 Å². The summed E-state index contributed by atoms with van der Waals surface area (Å²) in [6.07, 6.45) is 2.39. The summed E-state index contributed by atoms with van der Waals surface area (Å²) in [7, 11) is 0. The first-order valence-electron chi connectivity index (χ1n) is 10.7. The van der Waals surface area contributed by atoms with Crippen molar-refractivity contribution in [2.24, 2.45) is 11.3 Å². The van der Waals surface area contributed by atoms with Crippen LogP contribution in [0.15, 0.2) is 36.9 Å². The first-order chi connectivity index (χ1) is 14.1. The first kappa shape index (κ1) is 20.6. The molecule has 2 saturated heterocycles. The summed E-state index contributed by atoms with van der Waals surface area (Å²) in [5, 5.41) is 2.95. The molecule has 4 rings (SSSR count). The normalized spacial score (nSPS) is 30.1. The molecule has 0 radical (unpaired) electrons. The first-order valence-corrected chi connectivity index (χ1v) is 10.7. The van der Waals surface area contributed by atoms with Gasteiger partial charge in [0.15, 0.2) is 0 Å². The van der Waals surface area contributed by atoms with Gasteiger partial charge in [0.1, 0.15) is 18.2 Å². The zero-order valence-electron chi connectivity index (χ0n) is 18.4.